The summed E-state index contributed by atoms with van der Waals surface area (Å²) in [6, 6.07) is 7.02. The Morgan fingerprint density at radius 3 is 2.52 bits per heavy atom. The third-order valence-corrected chi connectivity index (χ3v) is 3.18. The first-order chi connectivity index (χ1) is 10.2. The highest BCUT2D eigenvalue weighted by Gasteiger charge is 2.23. The van der Waals surface area contributed by atoms with E-state index in [0.717, 1.165) is 25.3 Å². The van der Waals surface area contributed by atoms with Crippen molar-refractivity contribution in [3.63, 3.8) is 0 Å². The number of ether oxygens (including phenoxy) is 1. The molecule has 0 unspecified atom stereocenters. The van der Waals surface area contributed by atoms with Gasteiger partial charge in [0.05, 0.1) is 6.61 Å². The Hall–Kier alpha value is -2.08. The van der Waals surface area contributed by atoms with Gasteiger partial charge in [0.15, 0.2) is 0 Å². The zero-order valence-electron chi connectivity index (χ0n) is 12.2. The second-order valence-electron chi connectivity index (χ2n) is 4.87. The van der Waals surface area contributed by atoms with Gasteiger partial charge in [0.1, 0.15) is 5.75 Å². The van der Waals surface area contributed by atoms with Crippen molar-refractivity contribution in [1.82, 2.24) is 10.2 Å². The minimum Gasteiger partial charge on any atom is -0.494 e. The fourth-order valence-electron chi connectivity index (χ4n) is 2.05. The van der Waals surface area contributed by atoms with E-state index in [1.54, 1.807) is 29.2 Å². The predicted molar refractivity (Wildman–Crippen MR) is 80.3 cm³/mol. The zero-order chi connectivity index (χ0) is 15.1. The second-order valence-corrected chi connectivity index (χ2v) is 4.87. The summed E-state index contributed by atoms with van der Waals surface area (Å²) >= 11 is 0. The fraction of sp³-hybridized carbons (Fsp3) is 0.467. The summed E-state index contributed by atoms with van der Waals surface area (Å²) in [5.41, 5.74) is 0.590. The average molecular weight is 291 g/mol. The van der Waals surface area contributed by atoms with Gasteiger partial charge >= 0.3 is 11.8 Å². The summed E-state index contributed by atoms with van der Waals surface area (Å²) in [4.78, 5) is 25.4. The van der Waals surface area contributed by atoms with Crippen LogP contribution in [0.15, 0.2) is 24.3 Å². The van der Waals surface area contributed by atoms with Crippen molar-refractivity contribution in [2.24, 2.45) is 0 Å². The van der Waals surface area contributed by atoms with E-state index in [-0.39, 0.29) is 0 Å². The Bertz CT molecular complexity index is 481. The van der Waals surface area contributed by atoms with Crippen molar-refractivity contribution in [3.05, 3.63) is 24.3 Å². The highest BCUT2D eigenvalue weighted by Crippen LogP contribution is 2.16. The molecule has 2 rings (SSSR count). The van der Waals surface area contributed by atoms with Gasteiger partial charge in [-0.05, 0) is 30.7 Å². The van der Waals surface area contributed by atoms with Crippen molar-refractivity contribution >= 4 is 17.5 Å². The van der Waals surface area contributed by atoms with E-state index >= 15 is 0 Å². The van der Waals surface area contributed by atoms with E-state index in [9.17, 15) is 9.59 Å². The van der Waals surface area contributed by atoms with Crippen LogP contribution in [0, 0.1) is 0 Å². The number of carbonyl (C=O) groups is 2. The molecule has 0 saturated carbocycles. The number of hydrogen-bond donors (Lipinski definition) is 2. The SMILES string of the molecule is CCCOc1ccc(NC(=O)C(=O)N2CCNCC2)cc1. The lowest BCUT2D eigenvalue weighted by molar-refractivity contribution is -0.143. The van der Waals surface area contributed by atoms with Gasteiger partial charge in [-0.1, -0.05) is 6.92 Å². The molecule has 0 aliphatic carbocycles. The Labute approximate surface area is 124 Å². The number of nitrogens with zero attached hydrogens (tertiary/aromatic N) is 1. The van der Waals surface area contributed by atoms with Crippen LogP contribution in [0.1, 0.15) is 13.3 Å². The van der Waals surface area contributed by atoms with Gasteiger partial charge < -0.3 is 20.3 Å². The van der Waals surface area contributed by atoms with Crippen LogP contribution < -0.4 is 15.4 Å². The van der Waals surface area contributed by atoms with Crippen LogP contribution in [-0.4, -0.2) is 49.5 Å². The standard InChI is InChI=1S/C15H21N3O3/c1-2-11-21-13-5-3-12(4-6-13)17-14(19)15(20)18-9-7-16-8-10-18/h3-6,16H,2,7-11H2,1H3,(H,17,19). The average Bonchev–Trinajstić information content (AvgIpc) is 2.54. The van der Waals surface area contributed by atoms with Crippen LogP contribution in [0.25, 0.3) is 0 Å². The molecule has 1 fully saturated rings. The molecule has 1 saturated heterocycles. The zero-order valence-corrected chi connectivity index (χ0v) is 12.2. The summed E-state index contributed by atoms with van der Waals surface area (Å²) in [7, 11) is 0. The molecular formula is C15H21N3O3. The molecule has 1 heterocycles. The molecule has 0 bridgehead atoms. The van der Waals surface area contributed by atoms with Crippen LogP contribution in [0.5, 0.6) is 5.75 Å². The molecule has 1 aromatic rings. The molecule has 0 atom stereocenters. The largest absolute Gasteiger partial charge is 0.494 e. The quantitative estimate of drug-likeness (QED) is 0.807. The van der Waals surface area contributed by atoms with Gasteiger partial charge in [-0.3, -0.25) is 9.59 Å². The summed E-state index contributed by atoms with van der Waals surface area (Å²) in [5, 5.41) is 5.76. The van der Waals surface area contributed by atoms with Gasteiger partial charge in [0.2, 0.25) is 0 Å². The van der Waals surface area contributed by atoms with E-state index in [4.69, 9.17) is 4.74 Å². The number of rotatable bonds is 4. The van der Waals surface area contributed by atoms with Gasteiger partial charge in [-0.25, -0.2) is 0 Å². The second kappa shape index (κ2) is 7.64. The number of carbonyl (C=O) groups excluding carboxylic acids is 2. The summed E-state index contributed by atoms with van der Waals surface area (Å²) < 4.78 is 5.46. The fourth-order valence-corrected chi connectivity index (χ4v) is 2.05. The number of benzene rings is 1. The molecule has 1 aliphatic rings. The van der Waals surface area contributed by atoms with Gasteiger partial charge in [0, 0.05) is 31.9 Å². The maximum atomic E-state index is 12.0. The molecule has 1 aromatic carbocycles. The smallest absolute Gasteiger partial charge is 0.313 e. The normalized spacial score (nSPS) is 14.6. The third-order valence-electron chi connectivity index (χ3n) is 3.18. The Balaban J connectivity index is 1.88. The summed E-state index contributed by atoms with van der Waals surface area (Å²) in [6.45, 7) is 5.28. The number of nitrogens with one attached hydrogen (secondary N) is 2. The predicted octanol–water partition coefficient (Wildman–Crippen LogP) is 0.846. The Kier molecular flexibility index (Phi) is 5.57. The molecule has 1 aliphatic heterocycles. The molecule has 6 heteroatoms. The lowest BCUT2D eigenvalue weighted by Crippen LogP contribution is -2.49. The molecule has 2 amide bonds. The number of anilines is 1. The Morgan fingerprint density at radius 2 is 1.90 bits per heavy atom. The molecule has 0 aromatic heterocycles. The number of hydrogen-bond acceptors (Lipinski definition) is 4. The first-order valence-corrected chi connectivity index (χ1v) is 7.24. The molecule has 2 N–H and O–H groups in total. The maximum absolute atomic E-state index is 12.0. The summed E-state index contributed by atoms with van der Waals surface area (Å²) in [6.07, 6.45) is 0.942. The first kappa shape index (κ1) is 15.3. The molecular weight excluding hydrogens is 270 g/mol. The topological polar surface area (TPSA) is 70.7 Å². The summed E-state index contributed by atoms with van der Waals surface area (Å²) in [5.74, 6) is -0.329. The first-order valence-electron chi connectivity index (χ1n) is 7.24. The van der Waals surface area contributed by atoms with E-state index in [0.29, 0.717) is 25.4 Å². The van der Waals surface area contributed by atoms with Gasteiger partial charge in [-0.2, -0.15) is 0 Å². The molecule has 0 spiro atoms. The van der Waals surface area contributed by atoms with Crippen LogP contribution in [0.4, 0.5) is 5.69 Å². The van der Waals surface area contributed by atoms with Crippen molar-refractivity contribution in [1.29, 1.82) is 0 Å². The van der Waals surface area contributed by atoms with E-state index in [2.05, 4.69) is 10.6 Å². The van der Waals surface area contributed by atoms with Gasteiger partial charge in [0.25, 0.3) is 0 Å². The minimum absolute atomic E-state index is 0.484. The highest BCUT2D eigenvalue weighted by atomic mass is 16.5. The molecule has 114 valence electrons. The van der Waals surface area contributed by atoms with E-state index in [1.165, 1.54) is 0 Å². The van der Waals surface area contributed by atoms with Crippen molar-refractivity contribution in [3.8, 4) is 5.75 Å². The van der Waals surface area contributed by atoms with Crippen LogP contribution in [0.3, 0.4) is 0 Å². The Morgan fingerprint density at radius 1 is 1.24 bits per heavy atom. The molecule has 6 nitrogen and oxygen atoms in total. The van der Waals surface area contributed by atoms with Crippen LogP contribution in [0.2, 0.25) is 0 Å². The minimum atomic E-state index is -0.598. The third kappa shape index (κ3) is 4.46. The number of amides is 2. The lowest BCUT2D eigenvalue weighted by Gasteiger charge is -2.26. The van der Waals surface area contributed by atoms with Crippen molar-refractivity contribution in [2.75, 3.05) is 38.1 Å². The van der Waals surface area contributed by atoms with E-state index < -0.39 is 11.8 Å². The monoisotopic (exact) mass is 291 g/mol. The molecule has 0 radical (unpaired) electrons. The van der Waals surface area contributed by atoms with Crippen LogP contribution in [-0.2, 0) is 9.59 Å². The lowest BCUT2D eigenvalue weighted by atomic mass is 10.3. The van der Waals surface area contributed by atoms with Crippen molar-refractivity contribution in [2.45, 2.75) is 13.3 Å². The molecule has 21 heavy (non-hydrogen) atoms. The van der Waals surface area contributed by atoms with Crippen LogP contribution >= 0.6 is 0 Å². The van der Waals surface area contributed by atoms with E-state index in [1.807, 2.05) is 6.92 Å². The highest BCUT2D eigenvalue weighted by molar-refractivity contribution is 6.39. The van der Waals surface area contributed by atoms with Gasteiger partial charge in [-0.15, -0.1) is 0 Å². The van der Waals surface area contributed by atoms with Crippen molar-refractivity contribution < 1.29 is 14.3 Å². The maximum Gasteiger partial charge on any atom is 0.313 e. The number of piperazine rings is 1.